The number of amides is 1. The lowest BCUT2D eigenvalue weighted by atomic mass is 9.51. The van der Waals surface area contributed by atoms with Gasteiger partial charge in [0.15, 0.2) is 11.5 Å². The molecule has 5 atom stereocenters. The number of rotatable bonds is 5. The maximum atomic E-state index is 13.1. The van der Waals surface area contributed by atoms with E-state index in [9.17, 15) is 9.90 Å². The molecule has 0 unspecified atom stereocenters. The van der Waals surface area contributed by atoms with E-state index in [1.807, 2.05) is 24.1 Å². The zero-order valence-corrected chi connectivity index (χ0v) is 18.9. The third-order valence-electron chi connectivity index (χ3n) is 8.57. The lowest BCUT2D eigenvalue weighted by Gasteiger charge is -2.60. The van der Waals surface area contributed by atoms with Crippen molar-refractivity contribution in [3.63, 3.8) is 0 Å². The second kappa shape index (κ2) is 7.52. The zero-order chi connectivity index (χ0) is 22.7. The van der Waals surface area contributed by atoms with Gasteiger partial charge in [-0.3, -0.25) is 9.69 Å². The Balaban J connectivity index is 1.38. The Morgan fingerprint density at radius 1 is 1.36 bits per heavy atom. The minimum Gasteiger partial charge on any atom is -0.504 e. The number of aromatic hydroxyl groups is 1. The number of hydrogen-bond donors (Lipinski definition) is 1. The van der Waals surface area contributed by atoms with Crippen LogP contribution in [-0.4, -0.2) is 59.1 Å². The second-order valence-corrected chi connectivity index (χ2v) is 9.92. The maximum Gasteiger partial charge on any atom is 0.246 e. The van der Waals surface area contributed by atoms with Gasteiger partial charge >= 0.3 is 0 Å². The number of ether oxygens (including phenoxy) is 1. The molecule has 6 nitrogen and oxygen atoms in total. The summed E-state index contributed by atoms with van der Waals surface area (Å²) in [5, 5.41) is 10.7. The molecule has 33 heavy (non-hydrogen) atoms. The molecule has 1 spiro atoms. The normalized spacial score (nSPS) is 31.8. The first-order valence-corrected chi connectivity index (χ1v) is 11.9. The Labute approximate surface area is 194 Å². The first-order chi connectivity index (χ1) is 16.0. The van der Waals surface area contributed by atoms with E-state index in [1.54, 1.807) is 30.7 Å². The number of carbonyl (C=O) groups excluding carboxylic acids is 1. The second-order valence-electron chi connectivity index (χ2n) is 9.92. The number of nitrogens with zero attached hydrogens (tertiary/aromatic N) is 2. The molecule has 6 heteroatoms. The minimum atomic E-state index is -0.157. The van der Waals surface area contributed by atoms with Crippen LogP contribution in [0.5, 0.6) is 11.5 Å². The van der Waals surface area contributed by atoms with E-state index in [4.69, 9.17) is 9.15 Å². The predicted molar refractivity (Wildman–Crippen MR) is 125 cm³/mol. The largest absolute Gasteiger partial charge is 0.504 e. The number of furan rings is 1. The SMILES string of the molecule is C=CCN1CC[C@]23c4c5ccc(O)c4O[C@H]2[C@H](N(C)C(=O)C=Cc2ccoc2)CC[C@H]3[C@H]1C5. The van der Waals surface area contributed by atoms with Crippen molar-refractivity contribution in [2.24, 2.45) is 5.92 Å². The number of likely N-dealkylation sites (N-methyl/N-ethyl adjacent to an activating group) is 1. The monoisotopic (exact) mass is 446 g/mol. The molecule has 3 heterocycles. The van der Waals surface area contributed by atoms with Gasteiger partial charge in [-0.2, -0.15) is 0 Å². The molecule has 6 rings (SSSR count). The quantitative estimate of drug-likeness (QED) is 0.560. The third kappa shape index (κ3) is 2.86. The topological polar surface area (TPSA) is 66.2 Å². The molecule has 1 aromatic carbocycles. The maximum absolute atomic E-state index is 13.1. The smallest absolute Gasteiger partial charge is 0.246 e. The average molecular weight is 447 g/mol. The summed E-state index contributed by atoms with van der Waals surface area (Å²) in [6.07, 6.45) is 12.3. The van der Waals surface area contributed by atoms with Gasteiger partial charge in [0.2, 0.25) is 5.91 Å². The van der Waals surface area contributed by atoms with Crippen LogP contribution in [0.15, 0.2) is 53.9 Å². The Morgan fingerprint density at radius 3 is 3.03 bits per heavy atom. The Morgan fingerprint density at radius 2 is 2.24 bits per heavy atom. The van der Waals surface area contributed by atoms with Crippen molar-refractivity contribution >= 4 is 12.0 Å². The Bertz CT molecular complexity index is 1120. The van der Waals surface area contributed by atoms with Crippen LogP contribution in [0.4, 0.5) is 0 Å². The summed E-state index contributed by atoms with van der Waals surface area (Å²) in [6, 6.07) is 6.07. The Kier molecular flexibility index (Phi) is 4.70. The lowest BCUT2D eigenvalue weighted by Crippen LogP contribution is -2.68. The summed E-state index contributed by atoms with van der Waals surface area (Å²) in [7, 11) is 1.88. The highest BCUT2D eigenvalue weighted by Gasteiger charge is 2.66. The van der Waals surface area contributed by atoms with E-state index < -0.39 is 0 Å². The van der Waals surface area contributed by atoms with Crippen LogP contribution in [0.3, 0.4) is 0 Å². The van der Waals surface area contributed by atoms with Gasteiger partial charge in [-0.15, -0.1) is 6.58 Å². The van der Waals surface area contributed by atoms with Gasteiger partial charge in [-0.1, -0.05) is 12.1 Å². The number of phenols is 1. The van der Waals surface area contributed by atoms with Crippen molar-refractivity contribution in [1.82, 2.24) is 9.80 Å². The van der Waals surface area contributed by atoms with Crippen LogP contribution in [0.1, 0.15) is 36.0 Å². The predicted octanol–water partition coefficient (Wildman–Crippen LogP) is 3.75. The van der Waals surface area contributed by atoms with Crippen LogP contribution in [-0.2, 0) is 16.6 Å². The summed E-state index contributed by atoms with van der Waals surface area (Å²) in [5.41, 5.74) is 3.21. The van der Waals surface area contributed by atoms with E-state index in [0.717, 1.165) is 44.3 Å². The fraction of sp³-hybridized carbons (Fsp3) is 0.444. The van der Waals surface area contributed by atoms with Gasteiger partial charge in [0, 0.05) is 42.3 Å². The van der Waals surface area contributed by atoms with Crippen LogP contribution in [0.25, 0.3) is 6.08 Å². The van der Waals surface area contributed by atoms with Crippen molar-refractivity contribution in [3.8, 4) is 11.5 Å². The molecule has 1 aromatic heterocycles. The number of carbonyl (C=O) groups is 1. The molecule has 2 bridgehead atoms. The summed E-state index contributed by atoms with van der Waals surface area (Å²) < 4.78 is 11.7. The number of benzene rings is 1. The van der Waals surface area contributed by atoms with Crippen molar-refractivity contribution in [3.05, 3.63) is 66.1 Å². The summed E-state index contributed by atoms with van der Waals surface area (Å²) in [6.45, 7) is 5.85. The van der Waals surface area contributed by atoms with E-state index >= 15 is 0 Å². The summed E-state index contributed by atoms with van der Waals surface area (Å²) in [4.78, 5) is 17.5. The molecular formula is C27H30N2O4. The number of hydrogen-bond acceptors (Lipinski definition) is 5. The number of likely N-dealkylation sites (tertiary alicyclic amines) is 1. The molecule has 1 amide bonds. The highest BCUT2D eigenvalue weighted by atomic mass is 16.5. The molecule has 1 saturated heterocycles. The standard InChI is InChI=1S/C27H30N2O4/c1-3-12-29-13-11-27-19-6-7-20(28(2)23(31)9-4-17-10-14-32-16-17)26(27)33-25-22(30)8-5-18(24(25)27)15-21(19)29/h3-5,8-10,14,16,19-21,26,30H,1,6-7,11-13,15H2,2H3/t19-,20+,21+,26-,27-/m0/s1. The lowest BCUT2D eigenvalue weighted by molar-refractivity contribution is -0.135. The van der Waals surface area contributed by atoms with Crippen molar-refractivity contribution in [1.29, 1.82) is 0 Å². The molecule has 172 valence electrons. The molecular weight excluding hydrogens is 416 g/mol. The molecule has 2 fully saturated rings. The van der Waals surface area contributed by atoms with Gasteiger partial charge in [-0.05, 0) is 61.9 Å². The van der Waals surface area contributed by atoms with Gasteiger partial charge in [0.05, 0.1) is 18.6 Å². The summed E-state index contributed by atoms with van der Waals surface area (Å²) >= 11 is 0. The highest BCUT2D eigenvalue weighted by Crippen LogP contribution is 2.64. The van der Waals surface area contributed by atoms with Crippen molar-refractivity contribution < 1.29 is 19.1 Å². The molecule has 1 N–H and O–H groups in total. The van der Waals surface area contributed by atoms with E-state index in [1.165, 1.54) is 11.1 Å². The van der Waals surface area contributed by atoms with Gasteiger partial charge in [0.25, 0.3) is 0 Å². The van der Waals surface area contributed by atoms with Crippen LogP contribution in [0, 0.1) is 5.92 Å². The molecule has 4 aliphatic rings. The van der Waals surface area contributed by atoms with E-state index in [0.29, 0.717) is 17.7 Å². The fourth-order valence-corrected chi connectivity index (χ4v) is 7.21. The average Bonchev–Trinajstić information content (AvgIpc) is 3.46. The molecule has 2 aliphatic heterocycles. The van der Waals surface area contributed by atoms with Crippen LogP contribution < -0.4 is 4.74 Å². The number of piperidine rings is 1. The minimum absolute atomic E-state index is 0.0449. The highest BCUT2D eigenvalue weighted by molar-refractivity contribution is 5.91. The van der Waals surface area contributed by atoms with Gasteiger partial charge in [0.1, 0.15) is 6.10 Å². The first-order valence-electron chi connectivity index (χ1n) is 11.9. The van der Waals surface area contributed by atoms with Gasteiger partial charge < -0.3 is 19.2 Å². The van der Waals surface area contributed by atoms with Crippen LogP contribution >= 0.6 is 0 Å². The van der Waals surface area contributed by atoms with Gasteiger partial charge in [-0.25, -0.2) is 0 Å². The fourth-order valence-electron chi connectivity index (χ4n) is 7.21. The van der Waals surface area contributed by atoms with Crippen molar-refractivity contribution in [2.75, 3.05) is 20.1 Å². The van der Waals surface area contributed by atoms with E-state index in [-0.39, 0.29) is 29.2 Å². The zero-order valence-electron chi connectivity index (χ0n) is 18.9. The Hall–Kier alpha value is -2.99. The number of phenolic OH excluding ortho intramolecular Hbond substituents is 1. The van der Waals surface area contributed by atoms with E-state index in [2.05, 4.69) is 17.5 Å². The molecule has 1 saturated carbocycles. The molecule has 0 radical (unpaired) electrons. The molecule has 2 aromatic rings. The third-order valence-corrected chi connectivity index (χ3v) is 8.57. The van der Waals surface area contributed by atoms with Crippen LogP contribution in [0.2, 0.25) is 0 Å². The van der Waals surface area contributed by atoms with Crippen molar-refractivity contribution in [2.45, 2.75) is 49.3 Å². The first kappa shape index (κ1) is 20.6. The molecule has 2 aliphatic carbocycles. The summed E-state index contributed by atoms with van der Waals surface area (Å²) in [5.74, 6) is 1.28.